The molecule has 1 atom stereocenters. The third-order valence-electron chi connectivity index (χ3n) is 2.36. The van der Waals surface area contributed by atoms with E-state index in [4.69, 9.17) is 15.6 Å². The lowest BCUT2D eigenvalue weighted by molar-refractivity contribution is -0.142. The molecule has 1 heterocycles. The molecule has 0 aromatic heterocycles. The van der Waals surface area contributed by atoms with Crippen molar-refractivity contribution in [3.8, 4) is 0 Å². The van der Waals surface area contributed by atoms with E-state index in [0.29, 0.717) is 13.2 Å². The van der Waals surface area contributed by atoms with Crippen molar-refractivity contribution < 1.29 is 14.6 Å². The number of carboxylic acid groups (broad SMARTS) is 1. The van der Waals surface area contributed by atoms with Gasteiger partial charge in [0.2, 0.25) is 0 Å². The van der Waals surface area contributed by atoms with Crippen LogP contribution in [0.1, 0.15) is 19.3 Å². The lowest BCUT2D eigenvalue weighted by atomic mass is 9.80. The molecular weight excluding hydrogens is 158 g/mol. The number of rotatable bonds is 3. The van der Waals surface area contributed by atoms with Crippen molar-refractivity contribution in [2.75, 3.05) is 19.8 Å². The SMILES string of the molecule is NCC1(CC(=O)O)CCCOC1. The number of hydrogen-bond donors (Lipinski definition) is 2. The van der Waals surface area contributed by atoms with E-state index in [1.807, 2.05) is 0 Å². The van der Waals surface area contributed by atoms with Gasteiger partial charge < -0.3 is 15.6 Å². The zero-order valence-corrected chi connectivity index (χ0v) is 7.08. The molecule has 1 unspecified atom stereocenters. The fraction of sp³-hybridized carbons (Fsp3) is 0.875. The summed E-state index contributed by atoms with van der Waals surface area (Å²) in [4.78, 5) is 10.5. The standard InChI is InChI=1S/C8H15NO3/c9-5-8(4-7(10)11)2-1-3-12-6-8/h1-6,9H2,(H,10,11). The molecule has 1 aliphatic rings. The van der Waals surface area contributed by atoms with Gasteiger partial charge in [0, 0.05) is 18.6 Å². The maximum atomic E-state index is 10.5. The molecule has 0 aromatic carbocycles. The molecule has 4 nitrogen and oxygen atoms in total. The molecular formula is C8H15NO3. The second-order valence-electron chi connectivity index (χ2n) is 3.43. The monoisotopic (exact) mass is 173 g/mol. The Balaban J connectivity index is 2.53. The quantitative estimate of drug-likeness (QED) is 0.640. The van der Waals surface area contributed by atoms with E-state index in [0.717, 1.165) is 19.4 Å². The summed E-state index contributed by atoms with van der Waals surface area (Å²) in [5.74, 6) is -0.786. The Kier molecular flexibility index (Phi) is 3.05. The minimum absolute atomic E-state index is 0.128. The summed E-state index contributed by atoms with van der Waals surface area (Å²) in [6, 6.07) is 0. The van der Waals surface area contributed by atoms with Crippen molar-refractivity contribution in [1.29, 1.82) is 0 Å². The van der Waals surface area contributed by atoms with Gasteiger partial charge in [-0.3, -0.25) is 4.79 Å². The largest absolute Gasteiger partial charge is 0.481 e. The molecule has 4 heteroatoms. The van der Waals surface area contributed by atoms with Crippen molar-refractivity contribution in [2.24, 2.45) is 11.1 Å². The predicted octanol–water partition coefficient (Wildman–Crippen LogP) is 0.217. The van der Waals surface area contributed by atoms with Crippen LogP contribution in [0, 0.1) is 5.41 Å². The average molecular weight is 173 g/mol. The highest BCUT2D eigenvalue weighted by atomic mass is 16.5. The molecule has 0 amide bonds. The first-order valence-corrected chi connectivity index (χ1v) is 4.18. The first-order valence-electron chi connectivity index (χ1n) is 4.18. The van der Waals surface area contributed by atoms with Crippen molar-refractivity contribution >= 4 is 5.97 Å². The molecule has 70 valence electrons. The van der Waals surface area contributed by atoms with Crippen molar-refractivity contribution in [3.05, 3.63) is 0 Å². The van der Waals surface area contributed by atoms with Crippen molar-refractivity contribution in [1.82, 2.24) is 0 Å². The Labute approximate surface area is 71.7 Å². The minimum Gasteiger partial charge on any atom is -0.481 e. The number of ether oxygens (including phenoxy) is 1. The molecule has 1 rings (SSSR count). The Bertz CT molecular complexity index is 164. The molecule has 0 aliphatic carbocycles. The van der Waals surface area contributed by atoms with Gasteiger partial charge in [0.1, 0.15) is 0 Å². The van der Waals surface area contributed by atoms with Gasteiger partial charge in [-0.1, -0.05) is 0 Å². The molecule has 0 saturated carbocycles. The summed E-state index contributed by atoms with van der Waals surface area (Å²) >= 11 is 0. The first kappa shape index (κ1) is 9.48. The van der Waals surface area contributed by atoms with Gasteiger partial charge in [-0.15, -0.1) is 0 Å². The van der Waals surface area contributed by atoms with Crippen LogP contribution in [0.2, 0.25) is 0 Å². The first-order chi connectivity index (χ1) is 5.68. The van der Waals surface area contributed by atoms with Gasteiger partial charge in [0.15, 0.2) is 0 Å². The van der Waals surface area contributed by atoms with E-state index in [-0.39, 0.29) is 11.8 Å². The zero-order valence-electron chi connectivity index (χ0n) is 7.08. The van der Waals surface area contributed by atoms with Gasteiger partial charge in [-0.2, -0.15) is 0 Å². The predicted molar refractivity (Wildman–Crippen MR) is 43.8 cm³/mol. The second kappa shape index (κ2) is 3.87. The lowest BCUT2D eigenvalue weighted by Crippen LogP contribution is -2.40. The number of carboxylic acids is 1. The van der Waals surface area contributed by atoms with Crippen LogP contribution in [0.25, 0.3) is 0 Å². The van der Waals surface area contributed by atoms with Gasteiger partial charge in [0.25, 0.3) is 0 Å². The van der Waals surface area contributed by atoms with Crippen molar-refractivity contribution in [2.45, 2.75) is 19.3 Å². The van der Waals surface area contributed by atoms with Crippen LogP contribution in [0.4, 0.5) is 0 Å². The highest BCUT2D eigenvalue weighted by Crippen LogP contribution is 2.30. The van der Waals surface area contributed by atoms with Crippen LogP contribution in [-0.2, 0) is 9.53 Å². The molecule has 12 heavy (non-hydrogen) atoms. The summed E-state index contributed by atoms with van der Waals surface area (Å²) in [6.45, 7) is 1.64. The smallest absolute Gasteiger partial charge is 0.304 e. The second-order valence-corrected chi connectivity index (χ2v) is 3.43. The van der Waals surface area contributed by atoms with Gasteiger partial charge >= 0.3 is 5.97 Å². The highest BCUT2D eigenvalue weighted by molar-refractivity contribution is 5.67. The Morgan fingerprint density at radius 2 is 2.42 bits per heavy atom. The summed E-state index contributed by atoms with van der Waals surface area (Å²) in [5.41, 5.74) is 5.24. The van der Waals surface area contributed by atoms with Gasteiger partial charge in [-0.05, 0) is 12.8 Å². The van der Waals surface area contributed by atoms with E-state index < -0.39 is 5.97 Å². The maximum absolute atomic E-state index is 10.5. The molecule has 0 radical (unpaired) electrons. The zero-order chi connectivity index (χ0) is 9.03. The van der Waals surface area contributed by atoms with E-state index in [1.165, 1.54) is 0 Å². The summed E-state index contributed by atoms with van der Waals surface area (Å²) in [7, 11) is 0. The van der Waals surface area contributed by atoms with E-state index in [1.54, 1.807) is 0 Å². The third-order valence-corrected chi connectivity index (χ3v) is 2.36. The van der Waals surface area contributed by atoms with Crippen LogP contribution in [0.15, 0.2) is 0 Å². The normalized spacial score (nSPS) is 30.1. The average Bonchev–Trinajstić information content (AvgIpc) is 2.05. The topological polar surface area (TPSA) is 72.6 Å². The highest BCUT2D eigenvalue weighted by Gasteiger charge is 2.33. The summed E-state index contributed by atoms with van der Waals surface area (Å²) in [5, 5.41) is 8.65. The molecule has 1 fully saturated rings. The summed E-state index contributed by atoms with van der Waals surface area (Å²) in [6.07, 6.45) is 1.92. The van der Waals surface area contributed by atoms with Gasteiger partial charge in [-0.25, -0.2) is 0 Å². The van der Waals surface area contributed by atoms with Gasteiger partial charge in [0.05, 0.1) is 13.0 Å². The van der Waals surface area contributed by atoms with E-state index in [2.05, 4.69) is 0 Å². The van der Waals surface area contributed by atoms with Crippen LogP contribution in [0.5, 0.6) is 0 Å². The Morgan fingerprint density at radius 3 is 2.83 bits per heavy atom. The molecule has 3 N–H and O–H groups in total. The number of aliphatic carboxylic acids is 1. The van der Waals surface area contributed by atoms with Crippen molar-refractivity contribution in [3.63, 3.8) is 0 Å². The van der Waals surface area contributed by atoms with E-state index >= 15 is 0 Å². The third kappa shape index (κ3) is 2.19. The molecule has 1 saturated heterocycles. The fourth-order valence-corrected chi connectivity index (χ4v) is 1.60. The Hall–Kier alpha value is -0.610. The fourth-order valence-electron chi connectivity index (χ4n) is 1.60. The number of nitrogens with two attached hydrogens (primary N) is 1. The number of hydrogen-bond acceptors (Lipinski definition) is 3. The molecule has 0 bridgehead atoms. The lowest BCUT2D eigenvalue weighted by Gasteiger charge is -2.34. The van der Waals surface area contributed by atoms with Crippen LogP contribution < -0.4 is 5.73 Å². The minimum atomic E-state index is -0.786. The van der Waals surface area contributed by atoms with Crippen LogP contribution in [0.3, 0.4) is 0 Å². The molecule has 0 aromatic rings. The van der Waals surface area contributed by atoms with E-state index in [9.17, 15) is 4.79 Å². The summed E-state index contributed by atoms with van der Waals surface area (Å²) < 4.78 is 5.23. The maximum Gasteiger partial charge on any atom is 0.304 e. The Morgan fingerprint density at radius 1 is 1.67 bits per heavy atom. The van der Waals surface area contributed by atoms with Crippen LogP contribution in [-0.4, -0.2) is 30.8 Å². The number of carbonyl (C=O) groups is 1. The van der Waals surface area contributed by atoms with Crippen LogP contribution >= 0.6 is 0 Å². The molecule has 0 spiro atoms. The molecule has 1 aliphatic heterocycles.